The van der Waals surface area contributed by atoms with E-state index in [9.17, 15) is 8.42 Å². The van der Waals surface area contributed by atoms with Crippen molar-refractivity contribution in [3.63, 3.8) is 0 Å². The van der Waals surface area contributed by atoms with Gasteiger partial charge in [0.2, 0.25) is 10.0 Å². The summed E-state index contributed by atoms with van der Waals surface area (Å²) in [6.07, 6.45) is 0. The van der Waals surface area contributed by atoms with Crippen molar-refractivity contribution in [3.8, 4) is 5.75 Å². The number of rotatable bonds is 6. The van der Waals surface area contributed by atoms with Crippen molar-refractivity contribution in [1.29, 1.82) is 0 Å². The molecule has 1 aromatic carbocycles. The molecule has 7 heteroatoms. The SMILES string of the molecule is COc1cc(CO)ccc1S(=O)(=O)NCc1cccs1. The van der Waals surface area contributed by atoms with Crippen molar-refractivity contribution in [1.82, 2.24) is 4.72 Å². The topological polar surface area (TPSA) is 75.6 Å². The van der Waals surface area contributed by atoms with Gasteiger partial charge < -0.3 is 9.84 Å². The Morgan fingerprint density at radius 1 is 1.35 bits per heavy atom. The lowest BCUT2D eigenvalue weighted by Crippen LogP contribution is -2.23. The molecule has 0 amide bonds. The molecule has 20 heavy (non-hydrogen) atoms. The van der Waals surface area contributed by atoms with E-state index in [4.69, 9.17) is 9.84 Å². The summed E-state index contributed by atoms with van der Waals surface area (Å²) < 4.78 is 32.1. The summed E-state index contributed by atoms with van der Waals surface area (Å²) >= 11 is 1.48. The van der Waals surface area contributed by atoms with Crippen molar-refractivity contribution in [2.45, 2.75) is 18.0 Å². The van der Waals surface area contributed by atoms with Crippen molar-refractivity contribution < 1.29 is 18.3 Å². The molecule has 0 unspecified atom stereocenters. The third-order valence-electron chi connectivity index (χ3n) is 2.72. The average molecular weight is 313 g/mol. The molecule has 0 aliphatic carbocycles. The molecule has 2 rings (SSSR count). The second kappa shape index (κ2) is 6.36. The molecule has 0 bridgehead atoms. The lowest BCUT2D eigenvalue weighted by atomic mass is 10.2. The molecule has 0 radical (unpaired) electrons. The van der Waals surface area contributed by atoms with Gasteiger partial charge in [-0.3, -0.25) is 0 Å². The minimum Gasteiger partial charge on any atom is -0.495 e. The highest BCUT2D eigenvalue weighted by molar-refractivity contribution is 7.89. The molecule has 0 aliphatic rings. The molecule has 0 spiro atoms. The zero-order valence-corrected chi connectivity index (χ0v) is 12.5. The second-order valence-corrected chi connectivity index (χ2v) is 6.81. The van der Waals surface area contributed by atoms with Crippen molar-refractivity contribution in [2.24, 2.45) is 0 Å². The van der Waals surface area contributed by atoms with Crippen LogP contribution < -0.4 is 9.46 Å². The van der Waals surface area contributed by atoms with Gasteiger partial charge in [0, 0.05) is 11.4 Å². The molecule has 0 atom stereocenters. The zero-order chi connectivity index (χ0) is 14.6. The van der Waals surface area contributed by atoms with Gasteiger partial charge in [0.1, 0.15) is 10.6 Å². The summed E-state index contributed by atoms with van der Waals surface area (Å²) in [4.78, 5) is 0.994. The van der Waals surface area contributed by atoms with E-state index in [1.807, 2.05) is 17.5 Å². The third kappa shape index (κ3) is 3.37. The van der Waals surface area contributed by atoms with E-state index in [-0.39, 0.29) is 23.8 Å². The summed E-state index contributed by atoms with van der Waals surface area (Å²) in [5, 5.41) is 10.9. The fourth-order valence-corrected chi connectivity index (χ4v) is 3.58. The van der Waals surface area contributed by atoms with Crippen LogP contribution in [0.5, 0.6) is 5.75 Å². The number of thiophene rings is 1. The minimum atomic E-state index is -3.65. The Hall–Kier alpha value is -1.41. The van der Waals surface area contributed by atoms with E-state index in [2.05, 4.69) is 4.72 Å². The number of sulfonamides is 1. The molecule has 2 N–H and O–H groups in total. The molecule has 0 aliphatic heterocycles. The van der Waals surface area contributed by atoms with Gasteiger partial charge in [0.25, 0.3) is 0 Å². The molecule has 108 valence electrons. The maximum Gasteiger partial charge on any atom is 0.244 e. The van der Waals surface area contributed by atoms with Crippen LogP contribution >= 0.6 is 11.3 Å². The predicted octanol–water partition coefficient (Wildman–Crippen LogP) is 1.73. The number of aliphatic hydroxyl groups excluding tert-OH is 1. The number of ether oxygens (including phenoxy) is 1. The van der Waals surface area contributed by atoms with Crippen molar-refractivity contribution >= 4 is 21.4 Å². The van der Waals surface area contributed by atoms with Crippen LogP contribution in [0.4, 0.5) is 0 Å². The van der Waals surface area contributed by atoms with E-state index in [0.717, 1.165) is 4.88 Å². The largest absolute Gasteiger partial charge is 0.495 e. The monoisotopic (exact) mass is 313 g/mol. The van der Waals surface area contributed by atoms with Gasteiger partial charge in [0.05, 0.1) is 13.7 Å². The first-order valence-electron chi connectivity index (χ1n) is 5.86. The van der Waals surface area contributed by atoms with Crippen LogP contribution in [0.15, 0.2) is 40.6 Å². The third-order valence-corrected chi connectivity index (χ3v) is 5.03. The standard InChI is InChI=1S/C13H15NO4S2/c1-18-12-7-10(9-15)4-5-13(12)20(16,17)14-8-11-3-2-6-19-11/h2-7,14-15H,8-9H2,1H3. The van der Waals surface area contributed by atoms with Crippen LogP contribution in [0.3, 0.4) is 0 Å². The van der Waals surface area contributed by atoms with E-state index < -0.39 is 10.0 Å². The number of hydrogen-bond acceptors (Lipinski definition) is 5. The first kappa shape index (κ1) is 15.0. The highest BCUT2D eigenvalue weighted by atomic mass is 32.2. The summed E-state index contributed by atoms with van der Waals surface area (Å²) in [6, 6.07) is 8.23. The first-order valence-corrected chi connectivity index (χ1v) is 8.23. The fraction of sp³-hybridized carbons (Fsp3) is 0.231. The average Bonchev–Trinajstić information content (AvgIpc) is 2.97. The molecular weight excluding hydrogens is 298 g/mol. The van der Waals surface area contributed by atoms with Gasteiger partial charge in [-0.25, -0.2) is 13.1 Å². The number of benzene rings is 1. The Morgan fingerprint density at radius 3 is 2.75 bits per heavy atom. The van der Waals surface area contributed by atoms with Crippen LogP contribution in [-0.4, -0.2) is 20.6 Å². The van der Waals surface area contributed by atoms with E-state index >= 15 is 0 Å². The number of aliphatic hydroxyl groups is 1. The molecule has 0 fully saturated rings. The highest BCUT2D eigenvalue weighted by Gasteiger charge is 2.19. The molecule has 1 aromatic heterocycles. The highest BCUT2D eigenvalue weighted by Crippen LogP contribution is 2.25. The Bertz CT molecular complexity index is 666. The zero-order valence-electron chi connectivity index (χ0n) is 10.9. The molecule has 5 nitrogen and oxygen atoms in total. The maximum absolute atomic E-state index is 12.3. The molecule has 0 saturated carbocycles. The van der Waals surface area contributed by atoms with E-state index in [1.165, 1.54) is 30.6 Å². The summed E-state index contributed by atoms with van der Waals surface area (Å²) in [5.74, 6) is 0.218. The Balaban J connectivity index is 2.24. The van der Waals surface area contributed by atoms with Crippen LogP contribution in [0.2, 0.25) is 0 Å². The van der Waals surface area contributed by atoms with Gasteiger partial charge in [-0.1, -0.05) is 12.1 Å². The van der Waals surface area contributed by atoms with Gasteiger partial charge in [-0.15, -0.1) is 11.3 Å². The summed E-state index contributed by atoms with van der Waals surface area (Å²) in [7, 11) is -2.26. The number of hydrogen-bond donors (Lipinski definition) is 2. The van der Waals surface area contributed by atoms with Crippen molar-refractivity contribution in [2.75, 3.05) is 7.11 Å². The quantitative estimate of drug-likeness (QED) is 0.851. The summed E-state index contributed by atoms with van der Waals surface area (Å²) in [6.45, 7) is 0.0736. The van der Waals surface area contributed by atoms with Gasteiger partial charge in [-0.05, 0) is 29.1 Å². The van der Waals surface area contributed by atoms with Gasteiger partial charge in [0.15, 0.2) is 0 Å². The predicted molar refractivity (Wildman–Crippen MR) is 77.3 cm³/mol. The van der Waals surface area contributed by atoms with Gasteiger partial charge >= 0.3 is 0 Å². The Labute approximate surface area is 121 Å². The van der Waals surface area contributed by atoms with E-state index in [1.54, 1.807) is 6.07 Å². The van der Waals surface area contributed by atoms with Crippen LogP contribution in [-0.2, 0) is 23.2 Å². The molecular formula is C13H15NO4S2. The van der Waals surface area contributed by atoms with Crippen LogP contribution in [0.25, 0.3) is 0 Å². The van der Waals surface area contributed by atoms with Crippen LogP contribution in [0.1, 0.15) is 10.4 Å². The lowest BCUT2D eigenvalue weighted by Gasteiger charge is -2.11. The summed E-state index contributed by atoms with van der Waals surface area (Å²) in [5.41, 5.74) is 0.596. The van der Waals surface area contributed by atoms with Crippen molar-refractivity contribution in [3.05, 3.63) is 46.2 Å². The Morgan fingerprint density at radius 2 is 2.15 bits per heavy atom. The Kier molecular flexibility index (Phi) is 4.77. The fourth-order valence-electron chi connectivity index (χ4n) is 1.69. The smallest absolute Gasteiger partial charge is 0.244 e. The molecule has 0 saturated heterocycles. The maximum atomic E-state index is 12.3. The number of nitrogens with one attached hydrogen (secondary N) is 1. The first-order chi connectivity index (χ1) is 9.56. The second-order valence-electron chi connectivity index (χ2n) is 4.05. The lowest BCUT2D eigenvalue weighted by molar-refractivity contribution is 0.280. The number of methoxy groups -OCH3 is 1. The molecule has 2 aromatic rings. The molecule has 1 heterocycles. The normalized spacial score (nSPS) is 11.5. The minimum absolute atomic E-state index is 0.0637. The van der Waals surface area contributed by atoms with Crippen LogP contribution in [0, 0.1) is 0 Å². The van der Waals surface area contributed by atoms with E-state index in [0.29, 0.717) is 5.56 Å². The van der Waals surface area contributed by atoms with Gasteiger partial charge in [-0.2, -0.15) is 0 Å².